The lowest BCUT2D eigenvalue weighted by Gasteiger charge is -2.34. The van der Waals surface area contributed by atoms with Crippen molar-refractivity contribution >= 4 is 0 Å². The molecule has 0 fully saturated rings. The molecule has 0 saturated heterocycles. The molecule has 40 heavy (non-hydrogen) atoms. The molecule has 3 aromatic carbocycles. The van der Waals surface area contributed by atoms with Crippen molar-refractivity contribution in [1.82, 2.24) is 4.90 Å². The molecule has 3 rings (SSSR count). The maximum atomic E-state index is 10.9. The third-order valence-corrected chi connectivity index (χ3v) is 6.68. The smallest absolute Gasteiger partial charge is 0.119 e. The molecule has 0 spiro atoms. The molecular weight excluding hydrogens is 506 g/mol. The molecule has 7 nitrogen and oxygen atoms in total. The number of para-hydroxylation sites is 2. The SMILES string of the molecule is CC[C@H](c1ccc(OCCCCCCO)cc1)N(C[C@H](O)COc1ccccc1)C[C@H](O)COc1ccccc1. The second-order valence-electron chi connectivity index (χ2n) is 9.99. The number of unbranched alkanes of at least 4 members (excludes halogenated alkanes) is 3. The normalized spacial score (nSPS) is 13.5. The van der Waals surface area contributed by atoms with Gasteiger partial charge in [-0.15, -0.1) is 0 Å². The fourth-order valence-electron chi connectivity index (χ4n) is 4.64. The van der Waals surface area contributed by atoms with Gasteiger partial charge in [-0.05, 0) is 67.6 Å². The number of aliphatic hydroxyl groups is 3. The standard InChI is InChI=1S/C33H45NO6/c1-2-33(27-17-19-32(20-18-27)38-22-12-4-3-11-21-35)34(23-28(36)25-39-30-13-7-5-8-14-30)24-29(37)26-40-31-15-9-6-10-16-31/h5-10,13-20,28-29,33,35-37H,2-4,11-12,21-26H2,1H3/t28-,29-,33+/m0/s1. The van der Waals surface area contributed by atoms with Crippen molar-refractivity contribution in [3.63, 3.8) is 0 Å². The van der Waals surface area contributed by atoms with Gasteiger partial charge in [0.1, 0.15) is 42.7 Å². The lowest BCUT2D eigenvalue weighted by molar-refractivity contribution is 0.0124. The fraction of sp³-hybridized carbons (Fsp3) is 0.455. The second-order valence-corrected chi connectivity index (χ2v) is 9.99. The molecule has 0 aliphatic carbocycles. The van der Waals surface area contributed by atoms with Gasteiger partial charge in [-0.25, -0.2) is 0 Å². The maximum Gasteiger partial charge on any atom is 0.119 e. The number of ether oxygens (including phenoxy) is 3. The molecule has 218 valence electrons. The van der Waals surface area contributed by atoms with E-state index in [0.29, 0.717) is 31.2 Å². The number of hydrogen-bond donors (Lipinski definition) is 3. The largest absolute Gasteiger partial charge is 0.494 e. The van der Waals surface area contributed by atoms with Crippen molar-refractivity contribution in [2.75, 3.05) is 39.5 Å². The van der Waals surface area contributed by atoms with E-state index in [0.717, 1.165) is 43.4 Å². The Hall–Kier alpha value is -3.10. The van der Waals surface area contributed by atoms with Gasteiger partial charge in [0.15, 0.2) is 0 Å². The Morgan fingerprint density at radius 1 is 0.625 bits per heavy atom. The van der Waals surface area contributed by atoms with Gasteiger partial charge in [0.05, 0.1) is 6.61 Å². The van der Waals surface area contributed by atoms with Crippen molar-refractivity contribution in [1.29, 1.82) is 0 Å². The average molecular weight is 552 g/mol. The molecule has 0 aliphatic heterocycles. The molecule has 0 saturated carbocycles. The lowest BCUT2D eigenvalue weighted by Crippen LogP contribution is -2.43. The Morgan fingerprint density at radius 3 is 1.62 bits per heavy atom. The number of rotatable bonds is 20. The Bertz CT molecular complexity index is 982. The van der Waals surface area contributed by atoms with Gasteiger partial charge < -0.3 is 29.5 Å². The molecule has 0 bridgehead atoms. The number of nitrogens with zero attached hydrogens (tertiary/aromatic N) is 1. The summed E-state index contributed by atoms with van der Waals surface area (Å²) in [6, 6.07) is 26.9. The van der Waals surface area contributed by atoms with Crippen LogP contribution in [0.1, 0.15) is 50.6 Å². The highest BCUT2D eigenvalue weighted by molar-refractivity contribution is 5.29. The first-order valence-corrected chi connectivity index (χ1v) is 14.4. The lowest BCUT2D eigenvalue weighted by atomic mass is 10.0. The molecule has 3 aromatic rings. The second kappa shape index (κ2) is 18.3. The van der Waals surface area contributed by atoms with Gasteiger partial charge >= 0.3 is 0 Å². The highest BCUT2D eigenvalue weighted by atomic mass is 16.5. The number of benzene rings is 3. The molecule has 0 unspecified atom stereocenters. The van der Waals surface area contributed by atoms with E-state index < -0.39 is 12.2 Å². The van der Waals surface area contributed by atoms with Crippen molar-refractivity contribution in [2.24, 2.45) is 0 Å². The van der Waals surface area contributed by atoms with Gasteiger partial charge in [-0.1, -0.05) is 61.9 Å². The first kappa shape index (κ1) is 31.4. The van der Waals surface area contributed by atoms with Crippen molar-refractivity contribution in [3.05, 3.63) is 90.5 Å². The van der Waals surface area contributed by atoms with Crippen LogP contribution in [-0.2, 0) is 0 Å². The van der Waals surface area contributed by atoms with E-state index in [1.165, 1.54) is 0 Å². The van der Waals surface area contributed by atoms with Gasteiger partial charge in [0, 0.05) is 25.7 Å². The molecule has 0 radical (unpaired) electrons. The topological polar surface area (TPSA) is 91.6 Å². The van der Waals surface area contributed by atoms with Crippen molar-refractivity contribution in [2.45, 2.75) is 57.3 Å². The third kappa shape index (κ3) is 11.6. The molecule has 3 N–H and O–H groups in total. The zero-order valence-electron chi connectivity index (χ0n) is 23.6. The van der Waals surface area contributed by atoms with Crippen LogP contribution in [0.5, 0.6) is 17.2 Å². The van der Waals surface area contributed by atoms with Crippen LogP contribution in [0.4, 0.5) is 0 Å². The van der Waals surface area contributed by atoms with Crippen LogP contribution in [0.3, 0.4) is 0 Å². The van der Waals surface area contributed by atoms with Crippen LogP contribution in [0.25, 0.3) is 0 Å². The molecule has 0 heterocycles. The summed E-state index contributed by atoms with van der Waals surface area (Å²) in [5.41, 5.74) is 1.09. The molecular formula is C33H45NO6. The Labute approximate surface area is 239 Å². The maximum absolute atomic E-state index is 10.9. The molecule has 0 amide bonds. The molecule has 0 aliphatic rings. The van der Waals surface area contributed by atoms with Crippen LogP contribution < -0.4 is 14.2 Å². The van der Waals surface area contributed by atoms with Gasteiger partial charge in [0.2, 0.25) is 0 Å². The summed E-state index contributed by atoms with van der Waals surface area (Å²) >= 11 is 0. The summed E-state index contributed by atoms with van der Waals surface area (Å²) in [5, 5.41) is 30.7. The Morgan fingerprint density at radius 2 is 1.12 bits per heavy atom. The summed E-state index contributed by atoms with van der Waals surface area (Å²) in [4.78, 5) is 2.11. The third-order valence-electron chi connectivity index (χ3n) is 6.68. The van der Waals surface area contributed by atoms with E-state index in [1.807, 2.05) is 72.8 Å². The van der Waals surface area contributed by atoms with Crippen LogP contribution in [-0.4, -0.2) is 71.9 Å². The summed E-state index contributed by atoms with van der Waals surface area (Å²) in [7, 11) is 0. The number of hydrogen-bond acceptors (Lipinski definition) is 7. The van der Waals surface area contributed by atoms with Crippen molar-refractivity contribution < 1.29 is 29.5 Å². The van der Waals surface area contributed by atoms with Crippen LogP contribution in [0.15, 0.2) is 84.9 Å². The average Bonchev–Trinajstić information content (AvgIpc) is 2.99. The molecule has 7 heteroatoms. The van der Waals surface area contributed by atoms with Crippen LogP contribution in [0.2, 0.25) is 0 Å². The fourth-order valence-corrected chi connectivity index (χ4v) is 4.64. The zero-order valence-corrected chi connectivity index (χ0v) is 23.6. The minimum Gasteiger partial charge on any atom is -0.494 e. The predicted molar refractivity (Wildman–Crippen MR) is 158 cm³/mol. The summed E-state index contributed by atoms with van der Waals surface area (Å²) < 4.78 is 17.5. The highest BCUT2D eigenvalue weighted by Crippen LogP contribution is 2.27. The van der Waals surface area contributed by atoms with Crippen LogP contribution in [0, 0.1) is 0 Å². The Balaban J connectivity index is 1.62. The zero-order chi connectivity index (χ0) is 28.4. The minimum absolute atomic E-state index is 0.0229. The number of aliphatic hydroxyl groups excluding tert-OH is 3. The van der Waals surface area contributed by atoms with E-state index in [2.05, 4.69) is 24.0 Å². The molecule has 3 atom stereocenters. The van der Waals surface area contributed by atoms with Crippen molar-refractivity contribution in [3.8, 4) is 17.2 Å². The first-order valence-electron chi connectivity index (χ1n) is 14.4. The van der Waals surface area contributed by atoms with Gasteiger partial charge in [0.25, 0.3) is 0 Å². The monoisotopic (exact) mass is 551 g/mol. The predicted octanol–water partition coefficient (Wildman–Crippen LogP) is 5.25. The Kier molecular flexibility index (Phi) is 14.4. The van der Waals surface area contributed by atoms with E-state index >= 15 is 0 Å². The van der Waals surface area contributed by atoms with E-state index in [4.69, 9.17) is 19.3 Å². The quantitative estimate of drug-likeness (QED) is 0.165. The van der Waals surface area contributed by atoms with E-state index in [-0.39, 0.29) is 25.9 Å². The van der Waals surface area contributed by atoms with Gasteiger partial charge in [-0.3, -0.25) is 4.90 Å². The highest BCUT2D eigenvalue weighted by Gasteiger charge is 2.25. The van der Waals surface area contributed by atoms with Gasteiger partial charge in [-0.2, -0.15) is 0 Å². The van der Waals surface area contributed by atoms with E-state index in [9.17, 15) is 10.2 Å². The van der Waals surface area contributed by atoms with Crippen LogP contribution >= 0.6 is 0 Å². The molecule has 0 aromatic heterocycles. The van der Waals surface area contributed by atoms with E-state index in [1.54, 1.807) is 0 Å². The summed E-state index contributed by atoms with van der Waals surface area (Å²) in [6.07, 6.45) is 3.15. The summed E-state index contributed by atoms with van der Waals surface area (Å²) in [6.45, 7) is 3.96. The summed E-state index contributed by atoms with van der Waals surface area (Å²) in [5.74, 6) is 2.24. The minimum atomic E-state index is -0.745. The first-order chi connectivity index (χ1) is 19.6.